The zero-order chi connectivity index (χ0) is 21.0. The van der Waals surface area contributed by atoms with Gasteiger partial charge in [0.25, 0.3) is 5.91 Å². The molecule has 1 aromatic rings. The fourth-order valence-corrected chi connectivity index (χ4v) is 4.25. The van der Waals surface area contributed by atoms with Gasteiger partial charge < -0.3 is 19.1 Å². The van der Waals surface area contributed by atoms with Crippen molar-refractivity contribution in [3.05, 3.63) is 28.7 Å². The Labute approximate surface area is 177 Å². The van der Waals surface area contributed by atoms with Gasteiger partial charge in [0.1, 0.15) is 0 Å². The number of morpholine rings is 1. The van der Waals surface area contributed by atoms with Crippen LogP contribution in [0.15, 0.2) is 28.1 Å². The van der Waals surface area contributed by atoms with Crippen LogP contribution in [-0.2, 0) is 9.53 Å². The molecule has 2 heterocycles. The Balaban J connectivity index is 1.69. The number of amidine groups is 1. The van der Waals surface area contributed by atoms with Crippen molar-refractivity contribution in [1.29, 1.82) is 0 Å². The van der Waals surface area contributed by atoms with Crippen molar-refractivity contribution >= 4 is 28.9 Å². The topological polar surface area (TPSA) is 60.4 Å². The lowest BCUT2D eigenvalue weighted by Crippen LogP contribution is -2.47. The number of rotatable bonds is 6. The van der Waals surface area contributed by atoms with Crippen LogP contribution >= 0.6 is 11.8 Å². The van der Waals surface area contributed by atoms with Gasteiger partial charge in [0.2, 0.25) is 0 Å². The summed E-state index contributed by atoms with van der Waals surface area (Å²) in [7, 11) is 1.62. The van der Waals surface area contributed by atoms with Crippen LogP contribution in [-0.4, -0.2) is 55.0 Å². The number of carbonyl (C=O) groups excluding carboxylic acids is 1. The van der Waals surface area contributed by atoms with Crippen LogP contribution in [0, 0.1) is 5.92 Å². The predicted octanol–water partition coefficient (Wildman–Crippen LogP) is 4.20. The lowest BCUT2D eigenvalue weighted by Gasteiger charge is -2.35. The van der Waals surface area contributed by atoms with Gasteiger partial charge in [-0.1, -0.05) is 19.9 Å². The highest BCUT2D eigenvalue weighted by Gasteiger charge is 2.31. The molecule has 1 aromatic carbocycles. The quantitative estimate of drug-likeness (QED) is 0.646. The lowest BCUT2D eigenvalue weighted by molar-refractivity contribution is -0.113. The Kier molecular flexibility index (Phi) is 7.24. The van der Waals surface area contributed by atoms with Gasteiger partial charge in [0.05, 0.1) is 30.8 Å². The fraction of sp³-hybridized carbons (Fsp3) is 0.545. The standard InChI is InChI=1S/C22H30N2O4S/c1-14(2)8-9-27-18-7-6-17(10-19(18)26-5)11-20-21(25)23-22(29-20)24-12-15(3)28-16(4)13-24/h6-7,10-11,14-16H,8-9,12-13H2,1-5H3. The molecule has 0 bridgehead atoms. The first kappa shape index (κ1) is 21.7. The summed E-state index contributed by atoms with van der Waals surface area (Å²) in [5.41, 5.74) is 0.883. The van der Waals surface area contributed by atoms with E-state index in [0.29, 0.717) is 28.9 Å². The van der Waals surface area contributed by atoms with Crippen LogP contribution in [0.25, 0.3) is 6.08 Å². The van der Waals surface area contributed by atoms with Crippen LogP contribution in [0.3, 0.4) is 0 Å². The molecule has 2 unspecified atom stereocenters. The van der Waals surface area contributed by atoms with E-state index in [-0.39, 0.29) is 18.1 Å². The normalized spacial score (nSPS) is 23.7. The molecule has 0 spiro atoms. The first-order valence-electron chi connectivity index (χ1n) is 10.1. The number of methoxy groups -OCH3 is 1. The highest BCUT2D eigenvalue weighted by molar-refractivity contribution is 8.18. The van der Waals surface area contributed by atoms with Gasteiger partial charge in [-0.3, -0.25) is 4.79 Å². The second-order valence-corrected chi connectivity index (χ2v) is 8.92. The van der Waals surface area contributed by atoms with Gasteiger partial charge in [-0.05, 0) is 61.7 Å². The van der Waals surface area contributed by atoms with Crippen molar-refractivity contribution in [3.8, 4) is 11.5 Å². The molecule has 2 atom stereocenters. The summed E-state index contributed by atoms with van der Waals surface area (Å²) >= 11 is 1.42. The minimum atomic E-state index is -0.201. The third kappa shape index (κ3) is 5.76. The third-order valence-corrected chi connectivity index (χ3v) is 5.78. The summed E-state index contributed by atoms with van der Waals surface area (Å²) in [4.78, 5) is 19.4. The summed E-state index contributed by atoms with van der Waals surface area (Å²) in [5, 5.41) is 0.754. The third-order valence-electron chi connectivity index (χ3n) is 4.74. The molecule has 0 aliphatic carbocycles. The van der Waals surface area contributed by atoms with E-state index in [4.69, 9.17) is 14.2 Å². The molecule has 6 nitrogen and oxygen atoms in total. The second-order valence-electron chi connectivity index (χ2n) is 7.91. The number of thioether (sulfide) groups is 1. The van der Waals surface area contributed by atoms with Crippen molar-refractivity contribution in [2.75, 3.05) is 26.8 Å². The van der Waals surface area contributed by atoms with Crippen molar-refractivity contribution in [3.63, 3.8) is 0 Å². The summed E-state index contributed by atoms with van der Waals surface area (Å²) in [6, 6.07) is 5.72. The van der Waals surface area contributed by atoms with Gasteiger partial charge in [-0.25, -0.2) is 0 Å². The maximum absolute atomic E-state index is 12.4. The first-order valence-corrected chi connectivity index (χ1v) is 10.9. The molecule has 0 saturated carbocycles. The van der Waals surface area contributed by atoms with Gasteiger partial charge in [0, 0.05) is 13.1 Å². The second kappa shape index (κ2) is 9.67. The molecule has 29 heavy (non-hydrogen) atoms. The average Bonchev–Trinajstić information content (AvgIpc) is 3.02. The Hall–Kier alpha value is -1.99. The fourth-order valence-electron chi connectivity index (χ4n) is 3.32. The highest BCUT2D eigenvalue weighted by atomic mass is 32.2. The average molecular weight is 419 g/mol. The van der Waals surface area contributed by atoms with Gasteiger partial charge >= 0.3 is 0 Å². The molecule has 1 fully saturated rings. The van der Waals surface area contributed by atoms with E-state index in [9.17, 15) is 4.79 Å². The Bertz CT molecular complexity index is 796. The molecule has 2 aliphatic heterocycles. The van der Waals surface area contributed by atoms with Crippen molar-refractivity contribution in [1.82, 2.24) is 4.90 Å². The van der Waals surface area contributed by atoms with Crippen molar-refractivity contribution < 1.29 is 19.0 Å². The predicted molar refractivity (Wildman–Crippen MR) is 118 cm³/mol. The minimum Gasteiger partial charge on any atom is -0.493 e. The largest absolute Gasteiger partial charge is 0.493 e. The number of nitrogens with zero attached hydrogens (tertiary/aromatic N) is 2. The van der Waals surface area contributed by atoms with Gasteiger partial charge in [-0.15, -0.1) is 0 Å². The molecular formula is C22H30N2O4S. The number of amides is 1. The van der Waals surface area contributed by atoms with Crippen molar-refractivity contribution in [2.24, 2.45) is 10.9 Å². The molecule has 0 aromatic heterocycles. The van der Waals surface area contributed by atoms with Gasteiger partial charge in [-0.2, -0.15) is 4.99 Å². The van der Waals surface area contributed by atoms with E-state index in [1.165, 1.54) is 11.8 Å². The molecular weight excluding hydrogens is 388 g/mol. The molecule has 3 rings (SSSR count). The van der Waals surface area contributed by atoms with E-state index < -0.39 is 0 Å². The first-order chi connectivity index (χ1) is 13.9. The van der Waals surface area contributed by atoms with Crippen LogP contribution < -0.4 is 9.47 Å². The summed E-state index contributed by atoms with van der Waals surface area (Å²) in [6.07, 6.45) is 3.09. The number of aliphatic imine (C=N–C) groups is 1. The number of carbonyl (C=O) groups is 1. The Morgan fingerprint density at radius 2 is 2.00 bits per heavy atom. The highest BCUT2D eigenvalue weighted by Crippen LogP contribution is 2.34. The lowest BCUT2D eigenvalue weighted by atomic mass is 10.1. The summed E-state index contributed by atoms with van der Waals surface area (Å²) < 4.78 is 17.1. The zero-order valence-electron chi connectivity index (χ0n) is 17.8. The number of hydrogen-bond acceptors (Lipinski definition) is 6. The van der Waals surface area contributed by atoms with Gasteiger partial charge in [0.15, 0.2) is 16.7 Å². The van der Waals surface area contributed by atoms with Crippen LogP contribution in [0.1, 0.15) is 39.7 Å². The maximum Gasteiger partial charge on any atom is 0.286 e. The molecule has 158 valence electrons. The van der Waals surface area contributed by atoms with E-state index in [1.54, 1.807) is 7.11 Å². The smallest absolute Gasteiger partial charge is 0.286 e. The molecule has 2 aliphatic rings. The minimum absolute atomic E-state index is 0.123. The Morgan fingerprint density at radius 1 is 1.28 bits per heavy atom. The molecule has 7 heteroatoms. The zero-order valence-corrected chi connectivity index (χ0v) is 18.6. The van der Waals surface area contributed by atoms with E-state index in [2.05, 4.69) is 23.7 Å². The van der Waals surface area contributed by atoms with E-state index in [1.807, 2.05) is 38.1 Å². The number of ether oxygens (including phenoxy) is 3. The van der Waals surface area contributed by atoms with E-state index in [0.717, 1.165) is 30.2 Å². The monoisotopic (exact) mass is 418 g/mol. The van der Waals surface area contributed by atoms with Crippen LogP contribution in [0.2, 0.25) is 0 Å². The van der Waals surface area contributed by atoms with Crippen molar-refractivity contribution in [2.45, 2.75) is 46.3 Å². The van der Waals surface area contributed by atoms with Crippen LogP contribution in [0.5, 0.6) is 11.5 Å². The maximum atomic E-state index is 12.4. The molecule has 0 radical (unpaired) electrons. The molecule has 1 amide bonds. The summed E-state index contributed by atoms with van der Waals surface area (Å²) in [5.74, 6) is 1.76. The summed E-state index contributed by atoms with van der Waals surface area (Å²) in [6.45, 7) is 10.6. The SMILES string of the molecule is COc1cc(C=C2SC(N3CC(C)OC(C)C3)=NC2=O)ccc1OCCC(C)C. The number of benzene rings is 1. The number of hydrogen-bond donors (Lipinski definition) is 0. The Morgan fingerprint density at radius 3 is 2.66 bits per heavy atom. The van der Waals surface area contributed by atoms with E-state index >= 15 is 0 Å². The molecule has 0 N–H and O–H groups in total. The van der Waals surface area contributed by atoms with Crippen LogP contribution in [0.4, 0.5) is 0 Å². The molecule has 1 saturated heterocycles.